The number of nitrogens with one attached hydrogen (secondary N) is 1. The molecule has 4 rings (SSSR count). The van der Waals surface area contributed by atoms with Crippen LogP contribution in [0.3, 0.4) is 0 Å². The molecule has 1 saturated heterocycles. The molecule has 2 aromatic rings. The van der Waals surface area contributed by atoms with Crippen LogP contribution in [0.25, 0.3) is 0 Å². The van der Waals surface area contributed by atoms with Gasteiger partial charge in [0.15, 0.2) is 18.1 Å². The van der Waals surface area contributed by atoms with E-state index in [1.165, 1.54) is 28.6 Å². The molecular formula is C21H22N2O7S. The number of carbonyl (C=O) groups is 2. The van der Waals surface area contributed by atoms with Crippen molar-refractivity contribution in [1.82, 2.24) is 4.31 Å². The van der Waals surface area contributed by atoms with Crippen LogP contribution in [-0.2, 0) is 19.6 Å². The molecule has 0 atom stereocenters. The van der Waals surface area contributed by atoms with Crippen molar-refractivity contribution >= 4 is 27.6 Å². The molecule has 2 heterocycles. The van der Waals surface area contributed by atoms with Gasteiger partial charge in [0, 0.05) is 24.8 Å². The molecule has 164 valence electrons. The van der Waals surface area contributed by atoms with Crippen LogP contribution < -0.4 is 14.8 Å². The molecular weight excluding hydrogens is 424 g/mol. The maximum Gasteiger partial charge on any atom is 0.338 e. The van der Waals surface area contributed by atoms with E-state index in [0.717, 1.165) is 12.8 Å². The highest BCUT2D eigenvalue weighted by atomic mass is 32.2. The maximum absolute atomic E-state index is 12.5. The number of sulfonamides is 1. The van der Waals surface area contributed by atoms with Gasteiger partial charge in [-0.05, 0) is 49.2 Å². The summed E-state index contributed by atoms with van der Waals surface area (Å²) in [5, 5.41) is 2.62. The van der Waals surface area contributed by atoms with Gasteiger partial charge in [0.2, 0.25) is 10.0 Å². The summed E-state index contributed by atoms with van der Waals surface area (Å²) < 4.78 is 42.4. The van der Waals surface area contributed by atoms with E-state index >= 15 is 0 Å². The first-order valence-electron chi connectivity index (χ1n) is 9.90. The number of amides is 1. The molecule has 0 aromatic heterocycles. The van der Waals surface area contributed by atoms with Crippen LogP contribution in [0, 0.1) is 0 Å². The van der Waals surface area contributed by atoms with Crippen LogP contribution in [0.4, 0.5) is 5.69 Å². The molecule has 1 N–H and O–H groups in total. The minimum Gasteiger partial charge on any atom is -0.486 e. The van der Waals surface area contributed by atoms with Gasteiger partial charge in [-0.1, -0.05) is 0 Å². The molecule has 0 bridgehead atoms. The van der Waals surface area contributed by atoms with Gasteiger partial charge in [-0.25, -0.2) is 13.2 Å². The number of hydrogen-bond donors (Lipinski definition) is 1. The first-order chi connectivity index (χ1) is 14.9. The number of anilines is 1. The lowest BCUT2D eigenvalue weighted by molar-refractivity contribution is -0.119. The van der Waals surface area contributed by atoms with Gasteiger partial charge in [0.25, 0.3) is 5.91 Å². The Morgan fingerprint density at radius 3 is 2.35 bits per heavy atom. The summed E-state index contributed by atoms with van der Waals surface area (Å²) in [7, 11) is -3.55. The van der Waals surface area contributed by atoms with Crippen molar-refractivity contribution in [2.45, 2.75) is 17.7 Å². The van der Waals surface area contributed by atoms with Crippen LogP contribution >= 0.6 is 0 Å². The first kappa shape index (κ1) is 21.1. The summed E-state index contributed by atoms with van der Waals surface area (Å²) in [6.45, 7) is 1.43. The summed E-state index contributed by atoms with van der Waals surface area (Å²) in [4.78, 5) is 24.4. The average molecular weight is 446 g/mol. The number of benzene rings is 2. The van der Waals surface area contributed by atoms with Crippen molar-refractivity contribution in [1.29, 1.82) is 0 Å². The fraction of sp³-hybridized carbons (Fsp3) is 0.333. The van der Waals surface area contributed by atoms with Gasteiger partial charge in [0.1, 0.15) is 13.2 Å². The van der Waals surface area contributed by atoms with Crippen LogP contribution in [0.5, 0.6) is 11.5 Å². The third-order valence-electron chi connectivity index (χ3n) is 4.95. The molecule has 0 saturated carbocycles. The molecule has 1 amide bonds. The number of ether oxygens (including phenoxy) is 3. The highest BCUT2D eigenvalue weighted by Crippen LogP contribution is 2.32. The van der Waals surface area contributed by atoms with Gasteiger partial charge in [-0.2, -0.15) is 4.31 Å². The lowest BCUT2D eigenvalue weighted by Gasteiger charge is -2.19. The molecule has 2 aromatic carbocycles. The highest BCUT2D eigenvalue weighted by molar-refractivity contribution is 7.89. The van der Waals surface area contributed by atoms with E-state index < -0.39 is 28.5 Å². The zero-order valence-corrected chi connectivity index (χ0v) is 17.5. The molecule has 31 heavy (non-hydrogen) atoms. The third kappa shape index (κ3) is 4.80. The number of fused-ring (bicyclic) bond motifs is 1. The van der Waals surface area contributed by atoms with Crippen molar-refractivity contribution in [3.63, 3.8) is 0 Å². The number of rotatable bonds is 6. The van der Waals surface area contributed by atoms with Crippen molar-refractivity contribution < 1.29 is 32.2 Å². The van der Waals surface area contributed by atoms with Crippen molar-refractivity contribution in [2.24, 2.45) is 0 Å². The van der Waals surface area contributed by atoms with E-state index in [1.54, 1.807) is 18.2 Å². The number of nitrogens with zero attached hydrogens (tertiary/aromatic N) is 1. The minimum atomic E-state index is -3.55. The molecule has 2 aliphatic heterocycles. The summed E-state index contributed by atoms with van der Waals surface area (Å²) in [6.07, 6.45) is 1.69. The van der Waals surface area contributed by atoms with Gasteiger partial charge in [0.05, 0.1) is 10.5 Å². The Kier molecular flexibility index (Phi) is 6.10. The summed E-state index contributed by atoms with van der Waals surface area (Å²) in [6, 6.07) is 10.5. The Morgan fingerprint density at radius 1 is 0.968 bits per heavy atom. The molecule has 0 radical (unpaired) electrons. The Hall–Kier alpha value is -3.11. The highest BCUT2D eigenvalue weighted by Gasteiger charge is 2.27. The van der Waals surface area contributed by atoms with Gasteiger partial charge < -0.3 is 19.5 Å². The largest absolute Gasteiger partial charge is 0.486 e. The number of hydrogen-bond acceptors (Lipinski definition) is 7. The van der Waals surface area contributed by atoms with Gasteiger partial charge in [-0.15, -0.1) is 0 Å². The SMILES string of the molecule is O=C(COC(=O)c1ccc(S(=O)(=O)N2CCCC2)cc1)Nc1ccc2c(c1)OCCO2. The third-order valence-corrected chi connectivity index (χ3v) is 6.87. The molecule has 1 fully saturated rings. The quantitative estimate of drug-likeness (QED) is 0.676. The molecule has 2 aliphatic rings. The first-order valence-corrected chi connectivity index (χ1v) is 11.3. The van der Waals surface area contributed by atoms with Crippen LogP contribution in [0.15, 0.2) is 47.4 Å². The summed E-state index contributed by atoms with van der Waals surface area (Å²) >= 11 is 0. The van der Waals surface area contributed by atoms with Crippen LogP contribution in [0.2, 0.25) is 0 Å². The van der Waals surface area contributed by atoms with Gasteiger partial charge >= 0.3 is 5.97 Å². The lowest BCUT2D eigenvalue weighted by Crippen LogP contribution is -2.27. The van der Waals surface area contributed by atoms with Gasteiger partial charge in [-0.3, -0.25) is 4.79 Å². The smallest absolute Gasteiger partial charge is 0.338 e. The Labute approximate surface area is 179 Å². The molecule has 0 aliphatic carbocycles. The Balaban J connectivity index is 1.31. The zero-order chi connectivity index (χ0) is 21.8. The fourth-order valence-corrected chi connectivity index (χ4v) is 4.89. The second kappa shape index (κ2) is 8.94. The molecule has 9 nitrogen and oxygen atoms in total. The second-order valence-electron chi connectivity index (χ2n) is 7.12. The van der Waals surface area contributed by atoms with Crippen molar-refractivity contribution in [3.05, 3.63) is 48.0 Å². The average Bonchev–Trinajstić information content (AvgIpc) is 3.33. The maximum atomic E-state index is 12.5. The predicted molar refractivity (Wildman–Crippen MR) is 111 cm³/mol. The molecule has 0 unspecified atom stereocenters. The van der Waals surface area contributed by atoms with E-state index in [0.29, 0.717) is 43.5 Å². The zero-order valence-electron chi connectivity index (χ0n) is 16.7. The van der Waals surface area contributed by atoms with Crippen LogP contribution in [0.1, 0.15) is 23.2 Å². The van der Waals surface area contributed by atoms with Crippen LogP contribution in [-0.4, -0.2) is 57.5 Å². The Morgan fingerprint density at radius 2 is 1.65 bits per heavy atom. The number of carbonyl (C=O) groups excluding carboxylic acids is 2. The van der Waals surface area contributed by atoms with E-state index in [1.807, 2.05) is 0 Å². The second-order valence-corrected chi connectivity index (χ2v) is 9.06. The topological polar surface area (TPSA) is 111 Å². The predicted octanol–water partition coefficient (Wildman–Crippen LogP) is 2.04. The monoisotopic (exact) mass is 446 g/mol. The normalized spacial score (nSPS) is 16.0. The standard InChI is InChI=1S/C21H22N2O7S/c24-20(22-16-5-8-18-19(13-16)29-12-11-28-18)14-30-21(25)15-3-6-17(7-4-15)31(26,27)23-9-1-2-10-23/h3-8,13H,1-2,9-12,14H2,(H,22,24). The Bertz CT molecular complexity index is 1080. The van der Waals surface area contributed by atoms with Crippen molar-refractivity contribution in [3.8, 4) is 11.5 Å². The molecule has 10 heteroatoms. The number of esters is 1. The summed E-state index contributed by atoms with van der Waals surface area (Å²) in [5.41, 5.74) is 0.647. The summed E-state index contributed by atoms with van der Waals surface area (Å²) in [5.74, 6) is -0.100. The fourth-order valence-electron chi connectivity index (χ4n) is 3.37. The van der Waals surface area contributed by atoms with E-state index in [4.69, 9.17) is 14.2 Å². The molecule has 0 spiro atoms. The minimum absolute atomic E-state index is 0.127. The van der Waals surface area contributed by atoms with E-state index in [9.17, 15) is 18.0 Å². The van der Waals surface area contributed by atoms with E-state index in [2.05, 4.69) is 5.32 Å². The lowest BCUT2D eigenvalue weighted by atomic mass is 10.2. The van der Waals surface area contributed by atoms with E-state index in [-0.39, 0.29) is 10.5 Å². The van der Waals surface area contributed by atoms with Crippen molar-refractivity contribution in [2.75, 3.05) is 38.2 Å².